The molecule has 2 N–H and O–H groups in total. The molecule has 0 fully saturated rings. The van der Waals surface area contributed by atoms with Crippen LogP contribution in [0.3, 0.4) is 0 Å². The van der Waals surface area contributed by atoms with E-state index in [0.717, 1.165) is 12.2 Å². The van der Waals surface area contributed by atoms with E-state index in [4.69, 9.17) is 19.9 Å². The molecule has 1 aromatic rings. The zero-order valence-corrected chi connectivity index (χ0v) is 11.7. The monoisotopic (exact) mass is 305 g/mol. The summed E-state index contributed by atoms with van der Waals surface area (Å²) in [5.41, 5.74) is 5.28. The van der Waals surface area contributed by atoms with E-state index < -0.39 is 17.9 Å². The highest BCUT2D eigenvalue weighted by Gasteiger charge is 2.14. The summed E-state index contributed by atoms with van der Waals surface area (Å²) in [5, 5.41) is 0. The number of nitrogens with two attached hydrogens (primary N) is 1. The Morgan fingerprint density at radius 2 is 1.50 bits per heavy atom. The number of esters is 3. The van der Waals surface area contributed by atoms with Crippen LogP contribution in [0.5, 0.6) is 11.5 Å². The van der Waals surface area contributed by atoms with Gasteiger partial charge >= 0.3 is 17.9 Å². The van der Waals surface area contributed by atoms with Gasteiger partial charge in [-0.05, 0) is 12.1 Å². The zero-order valence-electron chi connectivity index (χ0n) is 11.7. The highest BCUT2D eigenvalue weighted by molar-refractivity contribution is 5.92. The lowest BCUT2D eigenvalue weighted by atomic mass is 10.2. The second-order valence-electron chi connectivity index (χ2n) is 3.87. The summed E-state index contributed by atoms with van der Waals surface area (Å²) < 4.78 is 14.7. The molecule has 0 amide bonds. The van der Waals surface area contributed by atoms with Crippen LogP contribution in [0.15, 0.2) is 43.5 Å². The first-order valence-corrected chi connectivity index (χ1v) is 6.21. The van der Waals surface area contributed by atoms with Crippen molar-refractivity contribution in [1.29, 1.82) is 0 Å². The Morgan fingerprint density at radius 3 is 1.91 bits per heavy atom. The van der Waals surface area contributed by atoms with Gasteiger partial charge in [0.2, 0.25) is 0 Å². The van der Waals surface area contributed by atoms with Crippen LogP contribution in [0.4, 0.5) is 0 Å². The summed E-state index contributed by atoms with van der Waals surface area (Å²) in [4.78, 5) is 34.3. The van der Waals surface area contributed by atoms with Crippen molar-refractivity contribution in [2.75, 3.05) is 13.2 Å². The number of carbonyl (C=O) groups is 3. The lowest BCUT2D eigenvalue weighted by Gasteiger charge is -2.09. The van der Waals surface area contributed by atoms with Gasteiger partial charge in [0.15, 0.2) is 0 Å². The van der Waals surface area contributed by atoms with Crippen molar-refractivity contribution in [1.82, 2.24) is 0 Å². The quantitative estimate of drug-likeness (QED) is 0.455. The van der Waals surface area contributed by atoms with Gasteiger partial charge in [0.05, 0.1) is 5.56 Å². The standard InChI is InChI=1S/C15H15NO6/c1-3-13(17)21-11-7-10(15(19)20-6-5-16)8-12(9-11)22-14(18)4-2/h3-4,7-9H,1-2,5-6,16H2. The van der Waals surface area contributed by atoms with Crippen molar-refractivity contribution in [3.63, 3.8) is 0 Å². The number of hydrogen-bond acceptors (Lipinski definition) is 7. The van der Waals surface area contributed by atoms with Crippen LogP contribution in [-0.4, -0.2) is 31.1 Å². The zero-order chi connectivity index (χ0) is 16.5. The summed E-state index contributed by atoms with van der Waals surface area (Å²) in [6.07, 6.45) is 1.91. The number of benzene rings is 1. The maximum Gasteiger partial charge on any atom is 0.338 e. The molecule has 0 spiro atoms. The largest absolute Gasteiger partial charge is 0.461 e. The third kappa shape index (κ3) is 5.22. The summed E-state index contributed by atoms with van der Waals surface area (Å²) in [6.45, 7) is 6.71. The molecule has 7 heteroatoms. The van der Waals surface area contributed by atoms with Gasteiger partial charge in [-0.3, -0.25) is 0 Å². The first kappa shape index (κ1) is 17.1. The number of ether oxygens (including phenoxy) is 3. The van der Waals surface area contributed by atoms with Crippen molar-refractivity contribution < 1.29 is 28.6 Å². The summed E-state index contributed by atoms with van der Waals surface area (Å²) in [7, 11) is 0. The lowest BCUT2D eigenvalue weighted by Crippen LogP contribution is -2.14. The molecular formula is C15H15NO6. The Bertz CT molecular complexity index is 568. The predicted octanol–water partition coefficient (Wildman–Crippen LogP) is 0.985. The number of carbonyl (C=O) groups excluding carboxylic acids is 3. The van der Waals surface area contributed by atoms with Gasteiger partial charge in [-0.25, -0.2) is 14.4 Å². The Balaban J connectivity index is 3.10. The van der Waals surface area contributed by atoms with Gasteiger partial charge in [-0.1, -0.05) is 13.2 Å². The molecule has 0 radical (unpaired) electrons. The Hall–Kier alpha value is -2.93. The van der Waals surface area contributed by atoms with E-state index in [0.29, 0.717) is 0 Å². The van der Waals surface area contributed by atoms with E-state index in [2.05, 4.69) is 13.2 Å². The van der Waals surface area contributed by atoms with E-state index in [1.165, 1.54) is 18.2 Å². The van der Waals surface area contributed by atoms with E-state index >= 15 is 0 Å². The van der Waals surface area contributed by atoms with Gasteiger partial charge in [-0.2, -0.15) is 0 Å². The summed E-state index contributed by atoms with van der Waals surface area (Å²) in [5.74, 6) is -2.15. The van der Waals surface area contributed by atoms with Crippen molar-refractivity contribution in [3.8, 4) is 11.5 Å². The Labute approximate surface area is 127 Å². The minimum atomic E-state index is -0.728. The summed E-state index contributed by atoms with van der Waals surface area (Å²) >= 11 is 0. The van der Waals surface area contributed by atoms with Crippen molar-refractivity contribution >= 4 is 17.9 Å². The molecular weight excluding hydrogens is 290 g/mol. The average Bonchev–Trinajstić information content (AvgIpc) is 2.51. The first-order chi connectivity index (χ1) is 10.5. The topological polar surface area (TPSA) is 105 Å². The van der Waals surface area contributed by atoms with Crippen LogP contribution in [0.25, 0.3) is 0 Å². The predicted molar refractivity (Wildman–Crippen MR) is 77.4 cm³/mol. The van der Waals surface area contributed by atoms with Gasteiger partial charge in [-0.15, -0.1) is 0 Å². The molecule has 0 heterocycles. The smallest absolute Gasteiger partial charge is 0.338 e. The van der Waals surface area contributed by atoms with E-state index in [-0.39, 0.29) is 30.2 Å². The second kappa shape index (κ2) is 8.38. The molecule has 0 bridgehead atoms. The van der Waals surface area contributed by atoms with Crippen LogP contribution in [0.1, 0.15) is 10.4 Å². The summed E-state index contributed by atoms with van der Waals surface area (Å²) in [6, 6.07) is 3.81. The fourth-order valence-corrected chi connectivity index (χ4v) is 1.36. The third-order valence-electron chi connectivity index (χ3n) is 2.24. The normalized spacial score (nSPS) is 9.50. The fraction of sp³-hybridized carbons (Fsp3) is 0.133. The van der Waals surface area contributed by atoms with Crippen LogP contribution in [0.2, 0.25) is 0 Å². The maximum atomic E-state index is 11.8. The molecule has 0 aromatic heterocycles. The minimum Gasteiger partial charge on any atom is -0.461 e. The van der Waals surface area contributed by atoms with Gasteiger partial charge in [0.25, 0.3) is 0 Å². The molecule has 0 atom stereocenters. The molecule has 22 heavy (non-hydrogen) atoms. The molecule has 1 aromatic carbocycles. The van der Waals surface area contributed by atoms with Crippen molar-refractivity contribution in [2.45, 2.75) is 0 Å². The van der Waals surface area contributed by atoms with Gasteiger partial charge in [0, 0.05) is 24.8 Å². The molecule has 0 aliphatic rings. The van der Waals surface area contributed by atoms with Gasteiger partial charge < -0.3 is 19.9 Å². The highest BCUT2D eigenvalue weighted by atomic mass is 16.5. The van der Waals surface area contributed by atoms with Crippen molar-refractivity contribution in [2.24, 2.45) is 5.73 Å². The second-order valence-corrected chi connectivity index (χ2v) is 3.87. The number of hydrogen-bond donors (Lipinski definition) is 1. The minimum absolute atomic E-state index is 0.000962. The van der Waals surface area contributed by atoms with Crippen LogP contribution < -0.4 is 15.2 Å². The molecule has 116 valence electrons. The van der Waals surface area contributed by atoms with Gasteiger partial charge in [0.1, 0.15) is 18.1 Å². The van der Waals surface area contributed by atoms with Crippen LogP contribution >= 0.6 is 0 Å². The van der Waals surface area contributed by atoms with E-state index in [9.17, 15) is 14.4 Å². The fourth-order valence-electron chi connectivity index (χ4n) is 1.36. The number of rotatable bonds is 7. The molecule has 0 saturated carbocycles. The Kier molecular flexibility index (Phi) is 6.52. The van der Waals surface area contributed by atoms with E-state index in [1.54, 1.807) is 0 Å². The maximum absolute atomic E-state index is 11.8. The van der Waals surface area contributed by atoms with E-state index in [1.807, 2.05) is 0 Å². The molecule has 1 rings (SSSR count). The van der Waals surface area contributed by atoms with Crippen LogP contribution in [0, 0.1) is 0 Å². The SMILES string of the molecule is C=CC(=O)Oc1cc(OC(=O)C=C)cc(C(=O)OCCN)c1. The van der Waals surface area contributed by atoms with Crippen LogP contribution in [-0.2, 0) is 14.3 Å². The molecule has 7 nitrogen and oxygen atoms in total. The lowest BCUT2D eigenvalue weighted by molar-refractivity contribution is -0.129. The average molecular weight is 305 g/mol. The molecule has 0 aliphatic carbocycles. The van der Waals surface area contributed by atoms with Crippen molar-refractivity contribution in [3.05, 3.63) is 49.1 Å². The molecule has 0 saturated heterocycles. The molecule has 0 unspecified atom stereocenters. The third-order valence-corrected chi connectivity index (χ3v) is 2.24. The molecule has 0 aliphatic heterocycles. The Morgan fingerprint density at radius 1 is 1.00 bits per heavy atom. The highest BCUT2D eigenvalue weighted by Crippen LogP contribution is 2.24. The first-order valence-electron chi connectivity index (χ1n) is 6.21.